The van der Waals surface area contributed by atoms with E-state index in [1.54, 1.807) is 36.1 Å². The van der Waals surface area contributed by atoms with Crippen molar-refractivity contribution in [1.82, 2.24) is 23.4 Å². The highest BCUT2D eigenvalue weighted by atomic mass is 32.2. The number of methoxy groups -OCH3 is 1. The highest BCUT2D eigenvalue weighted by Crippen LogP contribution is 2.47. The fourth-order valence-electron chi connectivity index (χ4n) is 6.71. The molecule has 0 spiro atoms. The SMILES string of the molecule is COc1ccc2c(c1)C=C(C(=O)N1CCN(C)C(=O)C1)Cn1c-2c(C2CCCCC2)c2ccc(C(=O)NS(=O)(=O)N(C)C)cc21. The van der Waals surface area contributed by atoms with Gasteiger partial charge in [0.1, 0.15) is 12.3 Å². The van der Waals surface area contributed by atoms with Gasteiger partial charge in [0.25, 0.3) is 11.8 Å². The number of nitrogens with one attached hydrogen (secondary N) is 1. The number of amides is 3. The molecule has 1 N–H and O–H groups in total. The van der Waals surface area contributed by atoms with E-state index in [4.69, 9.17) is 4.74 Å². The Morgan fingerprint density at radius 3 is 2.44 bits per heavy atom. The van der Waals surface area contributed by atoms with Crippen LogP contribution in [-0.4, -0.2) is 92.7 Å². The van der Waals surface area contributed by atoms with Crippen LogP contribution in [0.25, 0.3) is 28.2 Å². The molecule has 45 heavy (non-hydrogen) atoms. The molecule has 2 aliphatic heterocycles. The van der Waals surface area contributed by atoms with Crippen molar-refractivity contribution in [1.29, 1.82) is 0 Å². The van der Waals surface area contributed by atoms with Crippen molar-refractivity contribution >= 4 is 44.9 Å². The second kappa shape index (κ2) is 12.0. The predicted octanol–water partition coefficient (Wildman–Crippen LogP) is 3.60. The Morgan fingerprint density at radius 2 is 1.76 bits per heavy atom. The number of carbonyl (C=O) groups is 3. The van der Waals surface area contributed by atoms with Gasteiger partial charge in [-0.1, -0.05) is 25.3 Å². The number of rotatable bonds is 6. The highest BCUT2D eigenvalue weighted by Gasteiger charge is 2.33. The molecular weight excluding hydrogens is 594 g/mol. The Labute approximate surface area is 263 Å². The molecule has 1 aromatic heterocycles. The first-order valence-corrected chi connectivity index (χ1v) is 16.8. The summed E-state index contributed by atoms with van der Waals surface area (Å²) in [6, 6.07) is 11.2. The molecule has 0 bridgehead atoms. The highest BCUT2D eigenvalue weighted by molar-refractivity contribution is 7.87. The largest absolute Gasteiger partial charge is 0.497 e. The second-order valence-electron chi connectivity index (χ2n) is 12.3. The third kappa shape index (κ3) is 5.72. The van der Waals surface area contributed by atoms with Gasteiger partial charge in [0.15, 0.2) is 0 Å². The molecule has 3 aliphatic rings. The van der Waals surface area contributed by atoms with Crippen molar-refractivity contribution in [3.05, 3.63) is 58.7 Å². The van der Waals surface area contributed by atoms with Gasteiger partial charge in [-0.05, 0) is 66.3 Å². The number of fused-ring (bicyclic) bond motifs is 5. The van der Waals surface area contributed by atoms with Gasteiger partial charge in [-0.3, -0.25) is 14.4 Å². The van der Waals surface area contributed by atoms with E-state index in [1.165, 1.54) is 26.1 Å². The van der Waals surface area contributed by atoms with Crippen LogP contribution in [-0.2, 0) is 26.3 Å². The lowest BCUT2D eigenvalue weighted by Crippen LogP contribution is -2.51. The Kier molecular flexibility index (Phi) is 8.21. The minimum atomic E-state index is -4.00. The van der Waals surface area contributed by atoms with Gasteiger partial charge in [-0.2, -0.15) is 12.7 Å². The number of piperazine rings is 1. The lowest BCUT2D eigenvalue weighted by Gasteiger charge is -2.32. The molecule has 1 saturated carbocycles. The number of likely N-dealkylation sites (N-methyl/N-ethyl adjacent to an activating group) is 1. The molecule has 2 fully saturated rings. The smallest absolute Gasteiger partial charge is 0.303 e. The van der Waals surface area contributed by atoms with E-state index in [1.807, 2.05) is 30.3 Å². The molecule has 3 heterocycles. The molecular formula is C33H39N5O6S. The zero-order valence-electron chi connectivity index (χ0n) is 26.1. The van der Waals surface area contributed by atoms with E-state index in [-0.39, 0.29) is 36.4 Å². The maximum absolute atomic E-state index is 14.1. The molecule has 1 saturated heterocycles. The van der Waals surface area contributed by atoms with Gasteiger partial charge >= 0.3 is 10.2 Å². The topological polar surface area (TPSA) is 121 Å². The Morgan fingerprint density at radius 1 is 1.00 bits per heavy atom. The number of hydrogen-bond donors (Lipinski definition) is 1. The van der Waals surface area contributed by atoms with Crippen molar-refractivity contribution in [3.8, 4) is 17.0 Å². The van der Waals surface area contributed by atoms with Crippen LogP contribution >= 0.6 is 0 Å². The molecule has 6 rings (SSSR count). The predicted molar refractivity (Wildman–Crippen MR) is 172 cm³/mol. The summed E-state index contributed by atoms with van der Waals surface area (Å²) in [4.78, 5) is 43.1. The quantitative estimate of drug-likeness (QED) is 0.443. The number of hydrogen-bond acceptors (Lipinski definition) is 6. The van der Waals surface area contributed by atoms with E-state index < -0.39 is 16.1 Å². The first kappa shape index (κ1) is 30.8. The van der Waals surface area contributed by atoms with E-state index in [9.17, 15) is 22.8 Å². The summed E-state index contributed by atoms with van der Waals surface area (Å²) in [7, 11) is 2.06. The van der Waals surface area contributed by atoms with Crippen molar-refractivity contribution in [2.45, 2.75) is 44.6 Å². The lowest BCUT2D eigenvalue weighted by molar-refractivity contribution is -0.142. The van der Waals surface area contributed by atoms with Crippen molar-refractivity contribution < 1.29 is 27.5 Å². The summed E-state index contributed by atoms with van der Waals surface area (Å²) in [5.41, 5.74) is 5.42. The summed E-state index contributed by atoms with van der Waals surface area (Å²) in [6.45, 7) is 1.12. The first-order valence-electron chi connectivity index (χ1n) is 15.3. The van der Waals surface area contributed by atoms with Crippen LogP contribution in [0.15, 0.2) is 42.0 Å². The monoisotopic (exact) mass is 633 g/mol. The van der Waals surface area contributed by atoms with Crippen molar-refractivity contribution in [3.63, 3.8) is 0 Å². The Bertz CT molecular complexity index is 1840. The van der Waals surface area contributed by atoms with E-state index in [0.29, 0.717) is 24.4 Å². The zero-order valence-corrected chi connectivity index (χ0v) is 26.9. The first-order chi connectivity index (χ1) is 21.5. The maximum atomic E-state index is 14.1. The van der Waals surface area contributed by atoms with Gasteiger partial charge in [-0.25, -0.2) is 4.72 Å². The van der Waals surface area contributed by atoms with Gasteiger partial charge < -0.3 is 19.1 Å². The van der Waals surface area contributed by atoms with E-state index in [0.717, 1.165) is 57.7 Å². The van der Waals surface area contributed by atoms with Gasteiger partial charge in [0.05, 0.1) is 19.3 Å². The zero-order chi connectivity index (χ0) is 32.0. The summed E-state index contributed by atoms with van der Waals surface area (Å²) in [5, 5.41) is 0.981. The fraction of sp³-hybridized carbons (Fsp3) is 0.424. The van der Waals surface area contributed by atoms with Crippen LogP contribution in [0.2, 0.25) is 0 Å². The maximum Gasteiger partial charge on any atom is 0.303 e. The molecule has 0 atom stereocenters. The molecule has 3 aromatic rings. The second-order valence-corrected chi connectivity index (χ2v) is 14.2. The summed E-state index contributed by atoms with van der Waals surface area (Å²) >= 11 is 0. The minimum absolute atomic E-state index is 0.00885. The van der Waals surface area contributed by atoms with Crippen LogP contribution in [0.4, 0.5) is 0 Å². The molecule has 0 radical (unpaired) electrons. The standard InChI is InChI=1S/C33H39N5O6S/c1-35(2)45(42,43)34-32(40)22-10-12-27-28(18-22)38-19-24(33(41)37-15-14-36(3)29(39)20-37)16-23-17-25(44-4)11-13-26(23)31(38)30(27)21-8-6-5-7-9-21/h10-13,16-18,21H,5-9,14-15,19-20H2,1-4H3,(H,34,40). The van der Waals surface area contributed by atoms with Crippen LogP contribution in [0.5, 0.6) is 5.75 Å². The number of aromatic nitrogens is 1. The summed E-state index contributed by atoms with van der Waals surface area (Å²) in [6.07, 6.45) is 7.38. The average molecular weight is 634 g/mol. The number of nitrogens with zero attached hydrogens (tertiary/aromatic N) is 4. The van der Waals surface area contributed by atoms with Crippen LogP contribution in [0, 0.1) is 0 Å². The molecule has 11 nitrogen and oxygen atoms in total. The third-order valence-electron chi connectivity index (χ3n) is 9.27. The molecule has 3 amide bonds. The number of benzene rings is 2. The van der Waals surface area contributed by atoms with Crippen LogP contribution in [0.3, 0.4) is 0 Å². The minimum Gasteiger partial charge on any atom is -0.497 e. The summed E-state index contributed by atoms with van der Waals surface area (Å²) < 4.78 is 35.7. The normalized spacial score (nSPS) is 17.5. The van der Waals surface area contributed by atoms with Gasteiger partial charge in [0, 0.05) is 61.8 Å². The molecule has 1 aliphatic carbocycles. The molecule has 2 aromatic carbocycles. The average Bonchev–Trinajstić information content (AvgIpc) is 3.24. The van der Waals surface area contributed by atoms with Crippen LogP contribution < -0.4 is 9.46 Å². The molecule has 12 heteroatoms. The number of carbonyl (C=O) groups excluding carboxylic acids is 3. The van der Waals surface area contributed by atoms with Crippen molar-refractivity contribution in [2.24, 2.45) is 0 Å². The van der Waals surface area contributed by atoms with Gasteiger partial charge in [-0.15, -0.1) is 0 Å². The Hall–Kier alpha value is -4.16. The molecule has 0 unspecified atom stereocenters. The Balaban J connectivity index is 1.55. The lowest BCUT2D eigenvalue weighted by atomic mass is 9.81. The molecule has 238 valence electrons. The van der Waals surface area contributed by atoms with Gasteiger partial charge in [0.2, 0.25) is 5.91 Å². The van der Waals surface area contributed by atoms with Crippen molar-refractivity contribution in [2.75, 3.05) is 47.9 Å². The fourth-order valence-corrected chi connectivity index (χ4v) is 7.25. The summed E-state index contributed by atoms with van der Waals surface area (Å²) in [5.74, 6) is -0.113. The van der Waals surface area contributed by atoms with E-state index >= 15 is 0 Å². The third-order valence-corrected chi connectivity index (χ3v) is 10.7. The van der Waals surface area contributed by atoms with Crippen LogP contribution in [0.1, 0.15) is 59.5 Å². The van der Waals surface area contributed by atoms with E-state index in [2.05, 4.69) is 9.29 Å². The number of ether oxygens (including phenoxy) is 1.